The molecule has 1 unspecified atom stereocenters. The van der Waals surface area contributed by atoms with Gasteiger partial charge in [0.2, 0.25) is 5.76 Å². The number of hydrogen-bond acceptors (Lipinski definition) is 7. The Morgan fingerprint density at radius 1 is 1.00 bits per heavy atom. The van der Waals surface area contributed by atoms with Crippen LogP contribution in [0, 0.1) is 0 Å². The fraction of sp³-hybridized carbons (Fsp3) is 0.571. The molecule has 8 heteroatoms. The van der Waals surface area contributed by atoms with Crippen LogP contribution in [0.5, 0.6) is 0 Å². The van der Waals surface area contributed by atoms with Gasteiger partial charge in [-0.2, -0.15) is 0 Å². The zero-order valence-electron chi connectivity index (χ0n) is 7.31. The third kappa shape index (κ3) is 2.02. The second-order valence-corrected chi connectivity index (χ2v) is 2.97. The third-order valence-corrected chi connectivity index (χ3v) is 1.95. The van der Waals surface area contributed by atoms with E-state index >= 15 is 0 Å². The fourth-order valence-corrected chi connectivity index (χ4v) is 1.13. The summed E-state index contributed by atoms with van der Waals surface area (Å²) in [6.45, 7) is 0. The normalized spacial score (nSPS) is 37.5. The van der Waals surface area contributed by atoms with Crippen molar-refractivity contribution in [1.29, 1.82) is 0 Å². The molecule has 0 amide bonds. The molecule has 6 N–H and O–H groups in total. The van der Waals surface area contributed by atoms with Crippen molar-refractivity contribution in [3.05, 3.63) is 11.5 Å². The lowest BCUT2D eigenvalue weighted by Gasteiger charge is -2.13. The first-order valence-corrected chi connectivity index (χ1v) is 3.91. The molecule has 0 aliphatic carbocycles. The molecule has 0 radical (unpaired) electrons. The smallest absolute Gasteiger partial charge is 0.374 e. The molecular weight excluding hydrogens is 212 g/mol. The molecule has 1 saturated heterocycles. The van der Waals surface area contributed by atoms with Crippen LogP contribution in [0.1, 0.15) is 0 Å². The number of carbonyl (C=O) groups is 1. The van der Waals surface area contributed by atoms with E-state index in [0.717, 1.165) is 0 Å². The van der Waals surface area contributed by atoms with Gasteiger partial charge in [-0.3, -0.25) is 0 Å². The van der Waals surface area contributed by atoms with Crippen molar-refractivity contribution in [2.45, 2.75) is 24.6 Å². The summed E-state index contributed by atoms with van der Waals surface area (Å²) in [4.78, 5) is 10.2. The Morgan fingerprint density at radius 2 is 1.53 bits per heavy atom. The summed E-state index contributed by atoms with van der Waals surface area (Å²) in [5.41, 5.74) is 0. The Kier molecular flexibility index (Phi) is 3.15. The minimum atomic E-state index is -1.82. The van der Waals surface area contributed by atoms with E-state index in [1.807, 2.05) is 0 Å². The molecule has 1 aliphatic heterocycles. The van der Waals surface area contributed by atoms with Crippen molar-refractivity contribution in [2.24, 2.45) is 0 Å². The van der Waals surface area contributed by atoms with Crippen LogP contribution in [-0.4, -0.2) is 61.2 Å². The monoisotopic (exact) mass is 222 g/mol. The second kappa shape index (κ2) is 4.03. The fourth-order valence-electron chi connectivity index (χ4n) is 1.13. The molecule has 0 aromatic rings. The number of rotatable bonds is 2. The number of hydrogen-bond donors (Lipinski definition) is 6. The largest absolute Gasteiger partial charge is 0.506 e. The summed E-state index contributed by atoms with van der Waals surface area (Å²) in [7, 11) is 0. The van der Waals surface area contributed by atoms with Gasteiger partial charge in [0.1, 0.15) is 12.2 Å². The highest BCUT2D eigenvalue weighted by atomic mass is 16.6. The van der Waals surface area contributed by atoms with Crippen molar-refractivity contribution < 1.29 is 40.2 Å². The Morgan fingerprint density at radius 3 is 1.87 bits per heavy atom. The van der Waals surface area contributed by atoms with Crippen molar-refractivity contribution in [2.75, 3.05) is 0 Å². The first-order valence-electron chi connectivity index (χ1n) is 3.91. The van der Waals surface area contributed by atoms with Gasteiger partial charge in [0.25, 0.3) is 0 Å². The van der Waals surface area contributed by atoms with Gasteiger partial charge in [0.15, 0.2) is 18.2 Å². The Labute approximate surface area is 83.3 Å². The molecule has 1 heterocycles. The maximum Gasteiger partial charge on any atom is 0.374 e. The molecular formula is C7H10O8. The lowest BCUT2D eigenvalue weighted by molar-refractivity contribution is -0.138. The lowest BCUT2D eigenvalue weighted by atomic mass is 10.1. The highest BCUT2D eigenvalue weighted by molar-refractivity contribution is 5.84. The maximum absolute atomic E-state index is 10.2. The molecule has 0 bridgehead atoms. The number of aliphatic hydroxyl groups excluding tert-OH is 5. The van der Waals surface area contributed by atoms with E-state index in [1.54, 1.807) is 0 Å². The molecule has 1 fully saturated rings. The molecule has 4 atom stereocenters. The molecule has 86 valence electrons. The van der Waals surface area contributed by atoms with E-state index in [2.05, 4.69) is 4.74 Å². The highest BCUT2D eigenvalue weighted by Crippen LogP contribution is 2.25. The standard InChI is InChI=1S/C7H10O8/c8-1(3(10)6(12)13)5-2(9)4(11)7(14)15-5/h2,4-5,7-11,14H,(H,12,13)/b3-1+/t2-,4+,5+,7?/m0/s1. The van der Waals surface area contributed by atoms with E-state index in [9.17, 15) is 9.90 Å². The number of carboxylic acids is 1. The zero-order chi connectivity index (χ0) is 11.7. The zero-order valence-corrected chi connectivity index (χ0v) is 7.31. The summed E-state index contributed by atoms with van der Waals surface area (Å²) in [6, 6.07) is 0. The number of aliphatic carboxylic acids is 1. The molecule has 1 aliphatic rings. The first-order chi connectivity index (χ1) is 6.86. The lowest BCUT2D eigenvalue weighted by Crippen LogP contribution is -2.33. The van der Waals surface area contributed by atoms with Gasteiger partial charge in [0, 0.05) is 0 Å². The molecule has 15 heavy (non-hydrogen) atoms. The van der Waals surface area contributed by atoms with E-state index in [-0.39, 0.29) is 0 Å². The van der Waals surface area contributed by atoms with Crippen LogP contribution in [0.3, 0.4) is 0 Å². The maximum atomic E-state index is 10.2. The third-order valence-electron chi connectivity index (χ3n) is 1.95. The summed E-state index contributed by atoms with van der Waals surface area (Å²) >= 11 is 0. The van der Waals surface area contributed by atoms with Crippen LogP contribution >= 0.6 is 0 Å². The van der Waals surface area contributed by atoms with E-state index in [0.29, 0.717) is 0 Å². The summed E-state index contributed by atoms with van der Waals surface area (Å²) in [5.74, 6) is -4.40. The van der Waals surface area contributed by atoms with Gasteiger partial charge in [-0.15, -0.1) is 0 Å². The van der Waals surface area contributed by atoms with Gasteiger partial charge >= 0.3 is 5.97 Å². The minimum Gasteiger partial charge on any atom is -0.506 e. The Hall–Kier alpha value is -1.35. The van der Waals surface area contributed by atoms with Crippen molar-refractivity contribution in [3.8, 4) is 0 Å². The van der Waals surface area contributed by atoms with Crippen molar-refractivity contribution in [3.63, 3.8) is 0 Å². The van der Waals surface area contributed by atoms with Gasteiger partial charge in [-0.05, 0) is 0 Å². The van der Waals surface area contributed by atoms with Gasteiger partial charge in [-0.25, -0.2) is 4.79 Å². The quantitative estimate of drug-likeness (QED) is 0.228. The molecule has 0 saturated carbocycles. The number of aliphatic hydroxyl groups is 5. The van der Waals surface area contributed by atoms with E-state index < -0.39 is 42.1 Å². The summed E-state index contributed by atoms with van der Waals surface area (Å²) in [5, 5.41) is 53.4. The molecule has 0 aromatic heterocycles. The Bertz CT molecular complexity index is 297. The predicted molar refractivity (Wildman–Crippen MR) is 42.8 cm³/mol. The van der Waals surface area contributed by atoms with Crippen LogP contribution in [0.4, 0.5) is 0 Å². The highest BCUT2D eigenvalue weighted by Gasteiger charge is 2.45. The Balaban J connectivity index is 2.91. The van der Waals surface area contributed by atoms with Gasteiger partial charge in [-0.1, -0.05) is 0 Å². The molecule has 0 spiro atoms. The van der Waals surface area contributed by atoms with E-state index in [1.165, 1.54) is 0 Å². The molecule has 0 aromatic carbocycles. The minimum absolute atomic E-state index is 1.16. The van der Waals surface area contributed by atoms with Gasteiger partial charge in [0.05, 0.1) is 0 Å². The average molecular weight is 222 g/mol. The van der Waals surface area contributed by atoms with Crippen LogP contribution in [0.25, 0.3) is 0 Å². The predicted octanol–water partition coefficient (Wildman–Crippen LogP) is -2.16. The van der Waals surface area contributed by atoms with Crippen molar-refractivity contribution >= 4 is 5.97 Å². The van der Waals surface area contributed by atoms with Crippen LogP contribution in [0.2, 0.25) is 0 Å². The van der Waals surface area contributed by atoms with E-state index in [4.69, 9.17) is 25.5 Å². The van der Waals surface area contributed by atoms with Gasteiger partial charge < -0.3 is 35.4 Å². The first kappa shape index (κ1) is 11.7. The average Bonchev–Trinajstić information content (AvgIpc) is 2.43. The van der Waals surface area contributed by atoms with Crippen LogP contribution < -0.4 is 0 Å². The number of carboxylic acid groups (broad SMARTS) is 1. The second-order valence-electron chi connectivity index (χ2n) is 2.97. The van der Waals surface area contributed by atoms with Crippen LogP contribution in [-0.2, 0) is 9.53 Å². The molecule has 8 nitrogen and oxygen atoms in total. The summed E-state index contributed by atoms with van der Waals surface area (Å²) < 4.78 is 4.44. The van der Waals surface area contributed by atoms with Crippen molar-refractivity contribution in [1.82, 2.24) is 0 Å². The summed E-state index contributed by atoms with van der Waals surface area (Å²) in [6.07, 6.45) is -6.83. The number of ether oxygens (including phenoxy) is 1. The topological polar surface area (TPSA) is 148 Å². The SMILES string of the molecule is O=C(O)/C(O)=C(\O)[C@H]1OC(O)[C@H](O)[C@@H]1O. The van der Waals surface area contributed by atoms with Crippen LogP contribution in [0.15, 0.2) is 11.5 Å². The molecule has 1 rings (SSSR count).